The third-order valence-electron chi connectivity index (χ3n) is 3.84. The normalized spacial score (nSPS) is 16.6. The van der Waals surface area contributed by atoms with Crippen LogP contribution in [0.4, 0.5) is 10.6 Å². The molecule has 0 saturated heterocycles. The molecular formula is C15H18N4O2. The maximum absolute atomic E-state index is 10.9. The lowest BCUT2D eigenvalue weighted by Gasteiger charge is -2.17. The molecule has 2 aromatic heterocycles. The van der Waals surface area contributed by atoms with Crippen molar-refractivity contribution in [3.8, 4) is 0 Å². The number of fused-ring (bicyclic) bond motifs is 1. The number of amides is 1. The molecule has 110 valence electrons. The zero-order valence-corrected chi connectivity index (χ0v) is 11.7. The molecule has 6 heteroatoms. The first kappa shape index (κ1) is 13.6. The Labute approximate surface area is 122 Å². The highest BCUT2D eigenvalue weighted by atomic mass is 16.4. The van der Waals surface area contributed by atoms with Crippen LogP contribution in [0.5, 0.6) is 0 Å². The van der Waals surface area contributed by atoms with Crippen LogP contribution in [0.2, 0.25) is 0 Å². The lowest BCUT2D eigenvalue weighted by Crippen LogP contribution is -2.08. The summed E-state index contributed by atoms with van der Waals surface area (Å²) >= 11 is 0. The van der Waals surface area contributed by atoms with Crippen LogP contribution in [0, 0.1) is 5.92 Å². The Kier molecular flexibility index (Phi) is 3.85. The fourth-order valence-electron chi connectivity index (χ4n) is 2.81. The van der Waals surface area contributed by atoms with Crippen LogP contribution in [0.1, 0.15) is 37.7 Å². The number of hydrogen-bond donors (Lipinski definition) is 2. The van der Waals surface area contributed by atoms with Crippen molar-refractivity contribution in [1.29, 1.82) is 0 Å². The number of aromatic nitrogens is 3. The van der Waals surface area contributed by atoms with Gasteiger partial charge in [0.05, 0.1) is 5.56 Å². The van der Waals surface area contributed by atoms with E-state index in [2.05, 4.69) is 21.5 Å². The molecule has 0 bridgehead atoms. The molecule has 6 nitrogen and oxygen atoms in total. The second kappa shape index (κ2) is 5.95. The molecule has 1 saturated carbocycles. The minimum atomic E-state index is -1.12. The maximum Gasteiger partial charge on any atom is 0.410 e. The van der Waals surface area contributed by atoms with Crippen molar-refractivity contribution in [2.45, 2.75) is 32.1 Å². The van der Waals surface area contributed by atoms with Crippen molar-refractivity contribution in [3.05, 3.63) is 30.1 Å². The van der Waals surface area contributed by atoms with E-state index in [0.29, 0.717) is 17.4 Å². The van der Waals surface area contributed by atoms with Gasteiger partial charge in [-0.1, -0.05) is 31.4 Å². The summed E-state index contributed by atoms with van der Waals surface area (Å²) in [5.74, 6) is 0.892. The van der Waals surface area contributed by atoms with Crippen LogP contribution in [-0.4, -0.2) is 25.8 Å². The molecule has 0 aromatic carbocycles. The molecule has 1 aliphatic carbocycles. The summed E-state index contributed by atoms with van der Waals surface area (Å²) in [6, 6.07) is 1.76. The molecule has 0 atom stereocenters. The lowest BCUT2D eigenvalue weighted by molar-refractivity contribution is 0.209. The first-order valence-electron chi connectivity index (χ1n) is 7.25. The lowest BCUT2D eigenvalue weighted by atomic mass is 9.89. The first-order valence-corrected chi connectivity index (χ1v) is 7.25. The number of carbonyl (C=O) groups is 1. The van der Waals surface area contributed by atoms with Crippen molar-refractivity contribution >= 4 is 23.6 Å². The third kappa shape index (κ3) is 3.04. The minimum Gasteiger partial charge on any atom is -0.465 e. The summed E-state index contributed by atoms with van der Waals surface area (Å²) in [7, 11) is 0. The summed E-state index contributed by atoms with van der Waals surface area (Å²) in [4.78, 5) is 15.2. The quantitative estimate of drug-likeness (QED) is 0.906. The van der Waals surface area contributed by atoms with Gasteiger partial charge in [0.15, 0.2) is 11.5 Å². The molecule has 3 rings (SSSR count). The van der Waals surface area contributed by atoms with E-state index in [-0.39, 0.29) is 0 Å². The zero-order chi connectivity index (χ0) is 14.7. The van der Waals surface area contributed by atoms with Crippen LogP contribution < -0.4 is 5.32 Å². The topological polar surface area (TPSA) is 79.5 Å². The van der Waals surface area contributed by atoms with E-state index in [1.165, 1.54) is 32.1 Å². The van der Waals surface area contributed by atoms with Crippen LogP contribution in [0.15, 0.2) is 24.5 Å². The summed E-state index contributed by atoms with van der Waals surface area (Å²) in [6.07, 6.45) is 12.7. The molecular weight excluding hydrogens is 268 g/mol. The van der Waals surface area contributed by atoms with Gasteiger partial charge in [-0.05, 0) is 24.8 Å². The van der Waals surface area contributed by atoms with Gasteiger partial charge >= 0.3 is 6.09 Å². The predicted octanol–water partition coefficient (Wildman–Crippen LogP) is 3.41. The van der Waals surface area contributed by atoms with Crippen molar-refractivity contribution in [3.63, 3.8) is 0 Å². The standard InChI is InChI=1S/C15H18N4O2/c20-15(21)17-13-12(8-7-11-5-2-1-3-6-11)14-16-9-4-10-19(14)18-13/h4,7-11H,1-3,5-6H2,(H,17,18)(H,20,21)/b8-7+. The van der Waals surface area contributed by atoms with E-state index >= 15 is 0 Å². The van der Waals surface area contributed by atoms with Gasteiger partial charge in [-0.2, -0.15) is 0 Å². The van der Waals surface area contributed by atoms with Crippen molar-refractivity contribution in [2.24, 2.45) is 5.92 Å². The Morgan fingerprint density at radius 1 is 1.38 bits per heavy atom. The third-order valence-corrected chi connectivity index (χ3v) is 3.84. The van der Waals surface area contributed by atoms with Gasteiger partial charge in [-0.25, -0.2) is 14.3 Å². The van der Waals surface area contributed by atoms with Crippen molar-refractivity contribution in [2.75, 3.05) is 5.32 Å². The fraction of sp³-hybridized carbons (Fsp3) is 0.400. The molecule has 2 heterocycles. The zero-order valence-electron chi connectivity index (χ0n) is 11.7. The number of nitrogens with one attached hydrogen (secondary N) is 1. The highest BCUT2D eigenvalue weighted by Gasteiger charge is 2.15. The molecule has 0 spiro atoms. The molecule has 1 amide bonds. The molecule has 1 aliphatic rings. The van der Waals surface area contributed by atoms with Gasteiger partial charge in [0.2, 0.25) is 0 Å². The average molecular weight is 286 g/mol. The Morgan fingerprint density at radius 2 is 2.19 bits per heavy atom. The number of nitrogens with zero attached hydrogens (tertiary/aromatic N) is 3. The van der Waals surface area contributed by atoms with E-state index in [4.69, 9.17) is 5.11 Å². The Hall–Kier alpha value is -2.37. The average Bonchev–Trinajstić information content (AvgIpc) is 2.82. The maximum atomic E-state index is 10.9. The van der Waals surface area contributed by atoms with E-state index in [9.17, 15) is 4.79 Å². The van der Waals surface area contributed by atoms with Crippen LogP contribution in [0.25, 0.3) is 11.7 Å². The Bertz CT molecular complexity index is 671. The van der Waals surface area contributed by atoms with E-state index in [1.807, 2.05) is 6.08 Å². The van der Waals surface area contributed by atoms with E-state index < -0.39 is 6.09 Å². The Morgan fingerprint density at radius 3 is 2.95 bits per heavy atom. The highest BCUT2D eigenvalue weighted by molar-refractivity contribution is 5.88. The van der Waals surface area contributed by atoms with Gasteiger partial charge in [0.25, 0.3) is 0 Å². The van der Waals surface area contributed by atoms with Crippen LogP contribution in [-0.2, 0) is 0 Å². The number of carboxylic acid groups (broad SMARTS) is 1. The molecule has 0 radical (unpaired) electrons. The SMILES string of the molecule is O=C(O)Nc1nn2cccnc2c1/C=C/C1CCCCC1. The smallest absolute Gasteiger partial charge is 0.410 e. The predicted molar refractivity (Wildman–Crippen MR) is 80.2 cm³/mol. The number of rotatable bonds is 3. The number of allylic oxidation sites excluding steroid dienone is 1. The molecule has 2 N–H and O–H groups in total. The monoisotopic (exact) mass is 286 g/mol. The molecule has 21 heavy (non-hydrogen) atoms. The minimum absolute atomic E-state index is 0.327. The van der Waals surface area contributed by atoms with E-state index in [0.717, 1.165) is 5.56 Å². The molecule has 1 fully saturated rings. The number of hydrogen-bond acceptors (Lipinski definition) is 3. The van der Waals surface area contributed by atoms with E-state index in [1.54, 1.807) is 23.0 Å². The fourth-order valence-corrected chi connectivity index (χ4v) is 2.81. The molecule has 2 aromatic rings. The summed E-state index contributed by atoms with van der Waals surface area (Å²) in [6.45, 7) is 0. The highest BCUT2D eigenvalue weighted by Crippen LogP contribution is 2.27. The summed E-state index contributed by atoms with van der Waals surface area (Å²) < 4.78 is 1.59. The van der Waals surface area contributed by atoms with Crippen LogP contribution in [0.3, 0.4) is 0 Å². The first-order chi connectivity index (χ1) is 10.2. The van der Waals surface area contributed by atoms with Gasteiger partial charge in [0, 0.05) is 12.4 Å². The Balaban J connectivity index is 1.94. The van der Waals surface area contributed by atoms with Gasteiger partial charge in [-0.15, -0.1) is 5.10 Å². The summed E-state index contributed by atoms with van der Waals surface area (Å²) in [5, 5.41) is 15.5. The largest absolute Gasteiger partial charge is 0.465 e. The second-order valence-corrected chi connectivity index (χ2v) is 5.34. The number of anilines is 1. The van der Waals surface area contributed by atoms with Crippen molar-refractivity contribution < 1.29 is 9.90 Å². The molecule has 0 aliphatic heterocycles. The van der Waals surface area contributed by atoms with Crippen molar-refractivity contribution in [1.82, 2.24) is 14.6 Å². The summed E-state index contributed by atoms with van der Waals surface area (Å²) in [5.41, 5.74) is 1.39. The second-order valence-electron chi connectivity index (χ2n) is 5.34. The van der Waals surface area contributed by atoms with Gasteiger partial charge in [-0.3, -0.25) is 5.32 Å². The van der Waals surface area contributed by atoms with Crippen LogP contribution >= 0.6 is 0 Å². The van der Waals surface area contributed by atoms with Gasteiger partial charge < -0.3 is 5.11 Å². The van der Waals surface area contributed by atoms with Gasteiger partial charge in [0.1, 0.15) is 0 Å². The molecule has 0 unspecified atom stereocenters.